The third-order valence-corrected chi connectivity index (χ3v) is 3.38. The lowest BCUT2D eigenvalue weighted by Crippen LogP contribution is -2.08. The molecule has 0 amide bonds. The molecule has 2 aliphatic rings. The van der Waals surface area contributed by atoms with Crippen molar-refractivity contribution in [3.63, 3.8) is 0 Å². The van der Waals surface area contributed by atoms with Gasteiger partial charge in [-0.25, -0.2) is 9.59 Å². The van der Waals surface area contributed by atoms with Crippen molar-refractivity contribution in [3.05, 3.63) is 24.3 Å². The van der Waals surface area contributed by atoms with Gasteiger partial charge in [-0.2, -0.15) is 0 Å². The van der Waals surface area contributed by atoms with Crippen molar-refractivity contribution >= 4 is 59.6 Å². The highest BCUT2D eigenvalue weighted by Gasteiger charge is 2.28. The van der Waals surface area contributed by atoms with E-state index in [9.17, 15) is 19.2 Å². The van der Waals surface area contributed by atoms with Gasteiger partial charge < -0.3 is 9.47 Å². The van der Waals surface area contributed by atoms with E-state index >= 15 is 0 Å². The van der Waals surface area contributed by atoms with E-state index < -0.39 is 23.9 Å². The summed E-state index contributed by atoms with van der Waals surface area (Å²) in [7, 11) is 4.86. The zero-order valence-corrected chi connectivity index (χ0v) is 19.6. The highest BCUT2D eigenvalue weighted by atomic mass is 127. The summed E-state index contributed by atoms with van der Waals surface area (Å²) in [5, 5.41) is 0. The van der Waals surface area contributed by atoms with Crippen LogP contribution in [0.25, 0.3) is 0 Å². The van der Waals surface area contributed by atoms with Crippen molar-refractivity contribution in [3.8, 4) is 0 Å². The Labute approximate surface area is 177 Å². The van der Waals surface area contributed by atoms with Gasteiger partial charge in [0.05, 0.1) is 12.3 Å². The highest BCUT2D eigenvalue weighted by Crippen LogP contribution is 2.27. The van der Waals surface area contributed by atoms with Crippen LogP contribution < -0.4 is 0 Å². The minimum atomic E-state index is -0.579. The molecule has 2 aliphatic heterocycles. The van der Waals surface area contributed by atoms with Crippen LogP contribution in [-0.2, 0) is 28.7 Å². The predicted octanol–water partition coefficient (Wildman–Crippen LogP) is 4.21. The largest absolute Gasteiger partial charge is 0.393 e. The minimum Gasteiger partial charge on any atom is -0.393 e. The van der Waals surface area contributed by atoms with E-state index in [1.165, 1.54) is 12.0 Å². The predicted molar refractivity (Wildman–Crippen MR) is 117 cm³/mol. The molecule has 0 bridgehead atoms. The standard InChI is InChI=1S/C9H18.C5H6O3.C4H2O3.BHIP/c1-6-9(4,5)7-8(2)3;1-3-2-4(6)8-5(3)7;5-3-1-2-4(6)7-3;1-3-2/h2,6-7H2,1,3-5H3;3H,2H2,1H3;1-2H;3H. The second kappa shape index (κ2) is 15.0. The molecule has 1 fully saturated rings. The maximum Gasteiger partial charge on any atom is 0.338 e. The van der Waals surface area contributed by atoms with E-state index in [0.29, 0.717) is 11.5 Å². The van der Waals surface area contributed by atoms with E-state index in [1.807, 2.05) is 0 Å². The molecule has 9 heteroatoms. The first-order chi connectivity index (χ1) is 12.4. The topological polar surface area (TPSA) is 86.7 Å². The van der Waals surface area contributed by atoms with Gasteiger partial charge in [-0.1, -0.05) is 61.7 Å². The van der Waals surface area contributed by atoms with Crippen LogP contribution in [0.2, 0.25) is 0 Å². The average molecular weight is 508 g/mol. The maximum absolute atomic E-state index is 10.3. The SMILES string of the molecule is C=C(C)CC(C)(C)CC.CC1CC(=O)OC1=O.O=C1C=CC(=O)O1.[B]PI. The summed E-state index contributed by atoms with van der Waals surface area (Å²) in [6, 6.07) is 0. The first-order valence-corrected chi connectivity index (χ1v) is 12.5. The number of halogens is 1. The molecule has 27 heavy (non-hydrogen) atoms. The van der Waals surface area contributed by atoms with E-state index in [0.717, 1.165) is 18.6 Å². The zero-order chi connectivity index (χ0) is 21.6. The third-order valence-electron chi connectivity index (χ3n) is 3.38. The van der Waals surface area contributed by atoms with Crippen molar-refractivity contribution in [2.45, 2.75) is 53.9 Å². The van der Waals surface area contributed by atoms with Gasteiger partial charge in [0.1, 0.15) is 7.57 Å². The van der Waals surface area contributed by atoms with Crippen LogP contribution in [0, 0.1) is 11.3 Å². The Hall–Kier alpha value is -1.02. The lowest BCUT2D eigenvalue weighted by Gasteiger charge is -2.21. The van der Waals surface area contributed by atoms with Crippen LogP contribution in [0.5, 0.6) is 0 Å². The van der Waals surface area contributed by atoms with Crippen molar-refractivity contribution in [2.24, 2.45) is 11.3 Å². The number of carbonyl (C=O) groups is 4. The van der Waals surface area contributed by atoms with Crippen LogP contribution in [0.1, 0.15) is 53.9 Å². The minimum absolute atomic E-state index is 0.220. The molecule has 2 rings (SSSR count). The molecule has 0 aromatic rings. The Morgan fingerprint density at radius 1 is 1.26 bits per heavy atom. The van der Waals surface area contributed by atoms with E-state index in [2.05, 4.69) is 65.8 Å². The Morgan fingerprint density at radius 2 is 1.70 bits per heavy atom. The van der Waals surface area contributed by atoms with Gasteiger partial charge in [0.2, 0.25) is 0 Å². The molecule has 2 radical (unpaired) electrons. The molecule has 0 aliphatic carbocycles. The Bertz CT molecular complexity index is 558. The van der Waals surface area contributed by atoms with Gasteiger partial charge in [-0.3, -0.25) is 9.59 Å². The lowest BCUT2D eigenvalue weighted by atomic mass is 9.84. The van der Waals surface area contributed by atoms with Crippen LogP contribution in [0.15, 0.2) is 24.3 Å². The fraction of sp³-hybridized carbons (Fsp3) is 0.556. The molecule has 0 spiro atoms. The Balaban J connectivity index is 0. The van der Waals surface area contributed by atoms with Gasteiger partial charge in [-0.15, -0.1) is 12.7 Å². The first kappa shape index (κ1) is 28.2. The third kappa shape index (κ3) is 16.9. The maximum atomic E-state index is 10.3. The monoisotopic (exact) mass is 508 g/mol. The number of allylic oxidation sites excluding steroid dienone is 1. The van der Waals surface area contributed by atoms with Gasteiger partial charge in [-0.05, 0) is 18.8 Å². The number of ether oxygens (including phenoxy) is 2. The van der Waals surface area contributed by atoms with Crippen molar-refractivity contribution in [1.82, 2.24) is 0 Å². The number of hydrogen-bond acceptors (Lipinski definition) is 6. The summed E-state index contributed by atoms with van der Waals surface area (Å²) >= 11 is 2.09. The summed E-state index contributed by atoms with van der Waals surface area (Å²) in [6.45, 7) is 14.4. The highest BCUT2D eigenvalue weighted by molar-refractivity contribution is 14.2. The van der Waals surface area contributed by atoms with Gasteiger partial charge >= 0.3 is 23.9 Å². The second-order valence-corrected chi connectivity index (χ2v) is 8.82. The van der Waals surface area contributed by atoms with Crippen LogP contribution in [-0.4, -0.2) is 31.4 Å². The molecule has 2 heterocycles. The number of carbonyl (C=O) groups excluding carboxylic acids is 4. The van der Waals surface area contributed by atoms with Gasteiger partial charge in [0.15, 0.2) is 0 Å². The molecule has 1 saturated heterocycles. The Morgan fingerprint density at radius 3 is 1.81 bits per heavy atom. The number of esters is 4. The molecular weight excluding hydrogens is 481 g/mol. The van der Waals surface area contributed by atoms with Crippen molar-refractivity contribution in [1.29, 1.82) is 0 Å². The van der Waals surface area contributed by atoms with Crippen LogP contribution in [0.3, 0.4) is 0 Å². The number of rotatable bonds is 3. The van der Waals surface area contributed by atoms with E-state index in [4.69, 9.17) is 7.57 Å². The molecular formula is C18H27BIO6P. The van der Waals surface area contributed by atoms with Crippen molar-refractivity contribution < 1.29 is 28.7 Å². The summed E-state index contributed by atoms with van der Waals surface area (Å²) in [5.41, 5.74) is 1.76. The molecule has 0 saturated carbocycles. The van der Waals surface area contributed by atoms with Gasteiger partial charge in [0, 0.05) is 12.2 Å². The molecule has 0 aromatic carbocycles. The van der Waals surface area contributed by atoms with Gasteiger partial charge in [0.25, 0.3) is 0 Å². The second-order valence-electron chi connectivity index (χ2n) is 6.73. The van der Waals surface area contributed by atoms with Crippen LogP contribution >= 0.6 is 28.1 Å². The fourth-order valence-electron chi connectivity index (χ4n) is 1.83. The van der Waals surface area contributed by atoms with Crippen molar-refractivity contribution in [2.75, 3.05) is 0 Å². The van der Waals surface area contributed by atoms with E-state index in [-0.39, 0.29) is 12.3 Å². The molecule has 0 aromatic heterocycles. The van der Waals surface area contributed by atoms with Crippen LogP contribution in [0.4, 0.5) is 0 Å². The first-order valence-electron chi connectivity index (χ1n) is 8.27. The fourth-order valence-corrected chi connectivity index (χ4v) is 1.83. The molecule has 0 N–H and O–H groups in total. The van der Waals surface area contributed by atoms with E-state index in [1.54, 1.807) is 6.92 Å². The zero-order valence-electron chi connectivity index (χ0n) is 16.5. The summed E-state index contributed by atoms with van der Waals surface area (Å²) in [4.78, 5) is 40.4. The molecule has 2 unspecified atom stereocenters. The normalized spacial score (nSPS) is 17.9. The molecule has 150 valence electrons. The summed E-state index contributed by atoms with van der Waals surface area (Å²) < 4.78 is 8.17. The quantitative estimate of drug-likeness (QED) is 0.142. The average Bonchev–Trinajstić information content (AvgIpc) is 3.04. The number of cyclic esters (lactones) is 4. The Kier molecular flexibility index (Phi) is 15.6. The smallest absolute Gasteiger partial charge is 0.338 e. The lowest BCUT2D eigenvalue weighted by molar-refractivity contribution is -0.153. The summed E-state index contributed by atoms with van der Waals surface area (Å²) in [6.07, 6.45) is 5.37. The summed E-state index contributed by atoms with van der Waals surface area (Å²) in [5.74, 6) is -2.17. The molecule has 2 atom stereocenters. The molecule has 6 nitrogen and oxygen atoms in total. The number of hydrogen-bond donors (Lipinski definition) is 0.